The lowest BCUT2D eigenvalue weighted by Crippen LogP contribution is -2.43. The third-order valence-corrected chi connectivity index (χ3v) is 4.26. The van der Waals surface area contributed by atoms with E-state index >= 15 is 0 Å². The van der Waals surface area contributed by atoms with E-state index in [1.165, 1.54) is 0 Å². The van der Waals surface area contributed by atoms with Crippen molar-refractivity contribution in [3.05, 3.63) is 84.6 Å². The SMILES string of the molecule is O=C(C[n+]1c(-c2ccccn2)[nH]c2ccccc21)NCc1ccccc1. The lowest BCUT2D eigenvalue weighted by Gasteiger charge is -2.05. The Bertz CT molecular complexity index is 1030. The Hall–Kier alpha value is -3.47. The van der Waals surface area contributed by atoms with E-state index < -0.39 is 0 Å². The van der Waals surface area contributed by atoms with E-state index in [0.29, 0.717) is 6.54 Å². The molecule has 0 aliphatic carbocycles. The molecule has 1 amide bonds. The number of aromatic nitrogens is 3. The third kappa shape index (κ3) is 3.32. The Balaban J connectivity index is 1.61. The molecule has 2 aromatic carbocycles. The molecule has 26 heavy (non-hydrogen) atoms. The highest BCUT2D eigenvalue weighted by molar-refractivity contribution is 5.77. The number of H-pyrrole nitrogens is 1. The minimum atomic E-state index is -0.0409. The fourth-order valence-corrected chi connectivity index (χ4v) is 3.00. The third-order valence-electron chi connectivity index (χ3n) is 4.26. The van der Waals surface area contributed by atoms with Gasteiger partial charge in [0.2, 0.25) is 0 Å². The molecular formula is C21H19N4O+. The molecule has 0 aliphatic heterocycles. The van der Waals surface area contributed by atoms with Crippen LogP contribution >= 0.6 is 0 Å². The van der Waals surface area contributed by atoms with Crippen molar-refractivity contribution in [3.63, 3.8) is 0 Å². The van der Waals surface area contributed by atoms with E-state index in [2.05, 4.69) is 15.3 Å². The van der Waals surface area contributed by atoms with Crippen LogP contribution in [0.3, 0.4) is 0 Å². The lowest BCUT2D eigenvalue weighted by atomic mass is 10.2. The average molecular weight is 343 g/mol. The maximum absolute atomic E-state index is 12.5. The first-order chi connectivity index (χ1) is 12.8. The molecule has 5 nitrogen and oxygen atoms in total. The Kier molecular flexibility index (Phi) is 4.43. The minimum absolute atomic E-state index is 0.0409. The van der Waals surface area contributed by atoms with E-state index in [1.807, 2.05) is 77.4 Å². The van der Waals surface area contributed by atoms with Gasteiger partial charge in [0.25, 0.3) is 5.91 Å². The van der Waals surface area contributed by atoms with Crippen LogP contribution in [-0.4, -0.2) is 15.9 Å². The molecule has 5 heteroatoms. The van der Waals surface area contributed by atoms with Crippen LogP contribution in [0.25, 0.3) is 22.6 Å². The predicted molar refractivity (Wildman–Crippen MR) is 100 cm³/mol. The molecule has 0 saturated carbocycles. The molecule has 2 heterocycles. The zero-order chi connectivity index (χ0) is 17.8. The molecule has 2 aromatic heterocycles. The second kappa shape index (κ2) is 7.19. The quantitative estimate of drug-likeness (QED) is 0.547. The Morgan fingerprint density at radius 1 is 0.962 bits per heavy atom. The number of nitrogens with one attached hydrogen (secondary N) is 2. The number of imidazole rings is 1. The van der Waals surface area contributed by atoms with Gasteiger partial charge in [0, 0.05) is 12.7 Å². The fraction of sp³-hybridized carbons (Fsp3) is 0.0952. The second-order valence-electron chi connectivity index (χ2n) is 6.05. The maximum Gasteiger partial charge on any atom is 0.306 e. The number of benzene rings is 2. The molecule has 0 bridgehead atoms. The fourth-order valence-electron chi connectivity index (χ4n) is 3.00. The largest absolute Gasteiger partial charge is 0.349 e. The van der Waals surface area contributed by atoms with Crippen LogP contribution in [0.4, 0.5) is 0 Å². The Morgan fingerprint density at radius 2 is 1.73 bits per heavy atom. The van der Waals surface area contributed by atoms with Crippen LogP contribution < -0.4 is 9.88 Å². The van der Waals surface area contributed by atoms with Crippen LogP contribution in [-0.2, 0) is 17.9 Å². The summed E-state index contributed by atoms with van der Waals surface area (Å²) in [6.07, 6.45) is 1.75. The number of nitrogens with zero attached hydrogens (tertiary/aromatic N) is 2. The number of carbonyl (C=O) groups is 1. The van der Waals surface area contributed by atoms with E-state index in [1.54, 1.807) is 6.20 Å². The van der Waals surface area contributed by atoms with E-state index in [0.717, 1.165) is 28.1 Å². The van der Waals surface area contributed by atoms with E-state index in [-0.39, 0.29) is 12.5 Å². The zero-order valence-electron chi connectivity index (χ0n) is 14.2. The highest BCUT2D eigenvalue weighted by Crippen LogP contribution is 2.16. The van der Waals surface area contributed by atoms with Crippen molar-refractivity contribution < 1.29 is 9.36 Å². The van der Waals surface area contributed by atoms with Crippen molar-refractivity contribution in [1.29, 1.82) is 0 Å². The zero-order valence-corrected chi connectivity index (χ0v) is 14.2. The van der Waals surface area contributed by atoms with Gasteiger partial charge in [-0.25, -0.2) is 14.5 Å². The summed E-state index contributed by atoms with van der Waals surface area (Å²) in [4.78, 5) is 20.3. The van der Waals surface area contributed by atoms with Crippen molar-refractivity contribution in [1.82, 2.24) is 15.3 Å². The van der Waals surface area contributed by atoms with Crippen molar-refractivity contribution in [2.24, 2.45) is 0 Å². The van der Waals surface area contributed by atoms with Gasteiger partial charge in [0.1, 0.15) is 0 Å². The van der Waals surface area contributed by atoms with Crippen molar-refractivity contribution in [3.8, 4) is 11.5 Å². The molecule has 0 aliphatic rings. The minimum Gasteiger partial charge on any atom is -0.349 e. The number of amides is 1. The van der Waals surface area contributed by atoms with Crippen LogP contribution in [0.1, 0.15) is 5.56 Å². The van der Waals surface area contributed by atoms with Gasteiger partial charge < -0.3 is 5.32 Å². The van der Waals surface area contributed by atoms with Crippen molar-refractivity contribution in [2.75, 3.05) is 0 Å². The highest BCUT2D eigenvalue weighted by atomic mass is 16.1. The molecule has 0 saturated heterocycles. The van der Waals surface area contributed by atoms with Crippen molar-refractivity contribution >= 4 is 16.9 Å². The second-order valence-corrected chi connectivity index (χ2v) is 6.05. The summed E-state index contributed by atoms with van der Waals surface area (Å²) in [5.74, 6) is 0.780. The summed E-state index contributed by atoms with van der Waals surface area (Å²) in [7, 11) is 0. The lowest BCUT2D eigenvalue weighted by molar-refractivity contribution is -0.647. The van der Waals surface area contributed by atoms with Gasteiger partial charge in [-0.3, -0.25) is 4.79 Å². The van der Waals surface area contributed by atoms with Gasteiger partial charge >= 0.3 is 5.82 Å². The van der Waals surface area contributed by atoms with Crippen LogP contribution in [0, 0.1) is 0 Å². The highest BCUT2D eigenvalue weighted by Gasteiger charge is 2.22. The van der Waals surface area contributed by atoms with Gasteiger partial charge in [-0.2, -0.15) is 0 Å². The maximum atomic E-state index is 12.5. The molecule has 128 valence electrons. The molecule has 0 radical (unpaired) electrons. The molecule has 0 atom stereocenters. The number of pyridine rings is 1. The normalized spacial score (nSPS) is 10.8. The number of aromatic amines is 1. The topological polar surface area (TPSA) is 61.7 Å². The summed E-state index contributed by atoms with van der Waals surface area (Å²) in [5, 5.41) is 2.99. The first-order valence-electron chi connectivity index (χ1n) is 8.54. The van der Waals surface area contributed by atoms with Crippen molar-refractivity contribution in [2.45, 2.75) is 13.1 Å². The molecule has 2 N–H and O–H groups in total. The average Bonchev–Trinajstić information content (AvgIpc) is 3.06. The van der Waals surface area contributed by atoms with Gasteiger partial charge in [-0.15, -0.1) is 0 Å². The van der Waals surface area contributed by atoms with Gasteiger partial charge in [0.15, 0.2) is 23.3 Å². The van der Waals surface area contributed by atoms with Gasteiger partial charge in [0.05, 0.1) is 0 Å². The van der Waals surface area contributed by atoms with E-state index in [9.17, 15) is 4.79 Å². The standard InChI is InChI=1S/C21H18N4O/c26-20(23-14-16-8-2-1-3-9-16)15-25-19-12-5-4-10-17(19)24-21(25)18-11-6-7-13-22-18/h1-13H,14-15H2,(H,23,26)/p+1. The van der Waals surface area contributed by atoms with Crippen LogP contribution in [0.2, 0.25) is 0 Å². The summed E-state index contributed by atoms with van der Waals surface area (Å²) < 4.78 is 1.97. The summed E-state index contributed by atoms with van der Waals surface area (Å²) in [6, 6.07) is 23.6. The Morgan fingerprint density at radius 3 is 2.54 bits per heavy atom. The van der Waals surface area contributed by atoms with Crippen LogP contribution in [0.15, 0.2) is 79.0 Å². The summed E-state index contributed by atoms with van der Waals surface area (Å²) >= 11 is 0. The first-order valence-corrected chi connectivity index (χ1v) is 8.54. The molecular weight excluding hydrogens is 324 g/mol. The Labute approximate surface area is 151 Å². The molecule has 0 fully saturated rings. The van der Waals surface area contributed by atoms with E-state index in [4.69, 9.17) is 0 Å². The molecule has 4 aromatic rings. The first kappa shape index (κ1) is 16.0. The number of carbonyl (C=O) groups excluding carboxylic acids is 1. The van der Waals surface area contributed by atoms with Gasteiger partial charge in [-0.1, -0.05) is 48.5 Å². The molecule has 0 spiro atoms. The smallest absolute Gasteiger partial charge is 0.306 e. The monoisotopic (exact) mass is 343 g/mol. The summed E-state index contributed by atoms with van der Waals surface area (Å²) in [6.45, 7) is 0.740. The predicted octanol–water partition coefficient (Wildman–Crippen LogP) is 2.83. The van der Waals surface area contributed by atoms with Gasteiger partial charge in [-0.05, 0) is 29.8 Å². The van der Waals surface area contributed by atoms with Crippen LogP contribution in [0.5, 0.6) is 0 Å². The molecule has 0 unspecified atom stereocenters. The number of para-hydroxylation sites is 2. The number of hydrogen-bond donors (Lipinski definition) is 2. The number of rotatable bonds is 5. The number of hydrogen-bond acceptors (Lipinski definition) is 2. The summed E-state index contributed by atoms with van der Waals surface area (Å²) in [5.41, 5.74) is 3.83. The number of fused-ring (bicyclic) bond motifs is 1. The molecule has 4 rings (SSSR count).